The van der Waals surface area contributed by atoms with Gasteiger partial charge in [0, 0.05) is 25.2 Å². The number of amides is 2. The van der Waals surface area contributed by atoms with Gasteiger partial charge < -0.3 is 10.2 Å². The average molecular weight is 368 g/mol. The highest BCUT2D eigenvalue weighted by atomic mass is 19.1. The molecule has 0 saturated carbocycles. The van der Waals surface area contributed by atoms with Crippen LogP contribution < -0.4 is 5.32 Å². The summed E-state index contributed by atoms with van der Waals surface area (Å²) in [4.78, 5) is 27.1. The van der Waals surface area contributed by atoms with Crippen molar-refractivity contribution in [2.24, 2.45) is 5.92 Å². The molecule has 1 aliphatic heterocycles. The molecule has 1 saturated heterocycles. The minimum atomic E-state index is -0.294. The van der Waals surface area contributed by atoms with Crippen LogP contribution in [-0.2, 0) is 11.3 Å². The average Bonchev–Trinajstić information content (AvgIpc) is 2.66. The molecule has 1 aliphatic rings. The zero-order valence-corrected chi connectivity index (χ0v) is 15.8. The Morgan fingerprint density at radius 1 is 1.11 bits per heavy atom. The van der Waals surface area contributed by atoms with Gasteiger partial charge in [0.25, 0.3) is 5.91 Å². The summed E-state index contributed by atoms with van der Waals surface area (Å²) in [5.74, 6) is -0.581. The van der Waals surface area contributed by atoms with Crippen molar-refractivity contribution in [3.63, 3.8) is 0 Å². The number of aryl methyl sites for hydroxylation is 2. The molecular weight excluding hydrogens is 343 g/mol. The van der Waals surface area contributed by atoms with E-state index in [0.29, 0.717) is 25.2 Å². The van der Waals surface area contributed by atoms with E-state index >= 15 is 0 Å². The molecule has 0 bridgehead atoms. The smallest absolute Gasteiger partial charge is 0.253 e. The van der Waals surface area contributed by atoms with E-state index in [4.69, 9.17) is 0 Å². The monoisotopic (exact) mass is 368 g/mol. The largest absolute Gasteiger partial charge is 0.352 e. The second kappa shape index (κ2) is 8.33. The number of likely N-dealkylation sites (tertiary alicyclic amines) is 1. The molecule has 0 unspecified atom stereocenters. The van der Waals surface area contributed by atoms with Gasteiger partial charge in [-0.15, -0.1) is 0 Å². The maximum atomic E-state index is 13.0. The number of carbonyl (C=O) groups is 2. The van der Waals surface area contributed by atoms with Gasteiger partial charge in [0.1, 0.15) is 5.82 Å². The van der Waals surface area contributed by atoms with Crippen LogP contribution in [0, 0.1) is 25.6 Å². The second-order valence-corrected chi connectivity index (χ2v) is 7.31. The molecule has 4 nitrogen and oxygen atoms in total. The Labute approximate surface area is 159 Å². The number of rotatable bonds is 4. The Bertz CT molecular complexity index is 812. The maximum Gasteiger partial charge on any atom is 0.253 e. The molecule has 0 spiro atoms. The highest BCUT2D eigenvalue weighted by Gasteiger charge is 2.28. The van der Waals surface area contributed by atoms with E-state index in [-0.39, 0.29) is 23.5 Å². The summed E-state index contributed by atoms with van der Waals surface area (Å²) >= 11 is 0. The van der Waals surface area contributed by atoms with E-state index in [1.807, 2.05) is 32.0 Å². The van der Waals surface area contributed by atoms with E-state index in [1.54, 1.807) is 17.0 Å². The van der Waals surface area contributed by atoms with Crippen molar-refractivity contribution in [2.45, 2.75) is 33.2 Å². The quantitative estimate of drug-likeness (QED) is 0.896. The number of hydrogen-bond acceptors (Lipinski definition) is 2. The van der Waals surface area contributed by atoms with Crippen LogP contribution in [0.2, 0.25) is 0 Å². The first kappa shape index (κ1) is 19.1. The lowest BCUT2D eigenvalue weighted by molar-refractivity contribution is -0.126. The number of piperidine rings is 1. The summed E-state index contributed by atoms with van der Waals surface area (Å²) < 4.78 is 13.0. The van der Waals surface area contributed by atoms with Crippen LogP contribution in [0.4, 0.5) is 4.39 Å². The third-order valence-electron chi connectivity index (χ3n) is 4.93. The SMILES string of the molecule is Cc1cc(C)cc(C(=O)N2CCC[C@@H](C(=O)NCc3ccc(F)cc3)C2)c1. The first-order valence-electron chi connectivity index (χ1n) is 9.32. The molecule has 0 aliphatic carbocycles. The Morgan fingerprint density at radius 2 is 1.78 bits per heavy atom. The van der Waals surface area contributed by atoms with Crippen molar-refractivity contribution in [3.8, 4) is 0 Å². The van der Waals surface area contributed by atoms with E-state index in [0.717, 1.165) is 29.5 Å². The van der Waals surface area contributed by atoms with Crippen molar-refractivity contribution in [3.05, 3.63) is 70.5 Å². The van der Waals surface area contributed by atoms with Gasteiger partial charge in [-0.2, -0.15) is 0 Å². The molecule has 3 rings (SSSR count). The first-order valence-corrected chi connectivity index (χ1v) is 9.32. The predicted molar refractivity (Wildman–Crippen MR) is 103 cm³/mol. The molecule has 1 fully saturated rings. The molecule has 2 aromatic carbocycles. The molecule has 1 heterocycles. The molecule has 1 N–H and O–H groups in total. The lowest BCUT2D eigenvalue weighted by Crippen LogP contribution is -2.45. The van der Waals surface area contributed by atoms with Crippen LogP contribution in [0.25, 0.3) is 0 Å². The number of carbonyl (C=O) groups excluding carboxylic acids is 2. The normalized spacial score (nSPS) is 16.9. The van der Waals surface area contributed by atoms with E-state index in [9.17, 15) is 14.0 Å². The van der Waals surface area contributed by atoms with Crippen molar-refractivity contribution in [1.82, 2.24) is 10.2 Å². The highest BCUT2D eigenvalue weighted by Crippen LogP contribution is 2.20. The van der Waals surface area contributed by atoms with Gasteiger partial charge in [-0.3, -0.25) is 9.59 Å². The lowest BCUT2D eigenvalue weighted by atomic mass is 9.96. The zero-order chi connectivity index (χ0) is 19.4. The Hall–Kier alpha value is -2.69. The van der Waals surface area contributed by atoms with Crippen molar-refractivity contribution in [1.29, 1.82) is 0 Å². The van der Waals surface area contributed by atoms with Gasteiger partial charge in [0.15, 0.2) is 0 Å². The Morgan fingerprint density at radius 3 is 2.44 bits per heavy atom. The molecule has 0 radical (unpaired) electrons. The third-order valence-corrected chi connectivity index (χ3v) is 4.93. The highest BCUT2D eigenvalue weighted by molar-refractivity contribution is 5.95. The third kappa shape index (κ3) is 4.94. The standard InChI is InChI=1S/C22H25FN2O2/c1-15-10-16(2)12-19(11-15)22(27)25-9-3-4-18(14-25)21(26)24-13-17-5-7-20(23)8-6-17/h5-8,10-12,18H,3-4,9,13-14H2,1-2H3,(H,24,26)/t18-/m1/s1. The molecule has 2 aromatic rings. The van der Waals surface area contributed by atoms with Gasteiger partial charge in [0.05, 0.1) is 5.92 Å². The summed E-state index contributed by atoms with van der Waals surface area (Å²) in [6.07, 6.45) is 1.58. The molecule has 142 valence electrons. The summed E-state index contributed by atoms with van der Waals surface area (Å²) in [7, 11) is 0. The van der Waals surface area contributed by atoms with Crippen LogP contribution in [-0.4, -0.2) is 29.8 Å². The van der Waals surface area contributed by atoms with Crippen molar-refractivity contribution < 1.29 is 14.0 Å². The van der Waals surface area contributed by atoms with Gasteiger partial charge in [-0.05, 0) is 56.5 Å². The second-order valence-electron chi connectivity index (χ2n) is 7.31. The minimum Gasteiger partial charge on any atom is -0.352 e. The topological polar surface area (TPSA) is 49.4 Å². The van der Waals surface area contributed by atoms with Crippen LogP contribution in [0.5, 0.6) is 0 Å². The molecule has 0 aromatic heterocycles. The van der Waals surface area contributed by atoms with Gasteiger partial charge >= 0.3 is 0 Å². The first-order chi connectivity index (χ1) is 12.9. The maximum absolute atomic E-state index is 13.0. The van der Waals surface area contributed by atoms with E-state index in [1.165, 1.54) is 12.1 Å². The Balaban J connectivity index is 1.60. The van der Waals surface area contributed by atoms with Crippen molar-refractivity contribution in [2.75, 3.05) is 13.1 Å². The van der Waals surface area contributed by atoms with Gasteiger partial charge in [0.2, 0.25) is 5.91 Å². The van der Waals surface area contributed by atoms with Crippen LogP contribution in [0.1, 0.15) is 39.9 Å². The van der Waals surface area contributed by atoms with Crippen LogP contribution in [0.3, 0.4) is 0 Å². The van der Waals surface area contributed by atoms with Crippen LogP contribution in [0.15, 0.2) is 42.5 Å². The van der Waals surface area contributed by atoms with E-state index in [2.05, 4.69) is 5.32 Å². The number of benzene rings is 2. The molecule has 27 heavy (non-hydrogen) atoms. The van der Waals surface area contributed by atoms with Gasteiger partial charge in [-0.1, -0.05) is 29.3 Å². The summed E-state index contributed by atoms with van der Waals surface area (Å²) in [6, 6.07) is 11.9. The fourth-order valence-corrected chi connectivity index (χ4v) is 3.59. The van der Waals surface area contributed by atoms with Crippen LogP contribution >= 0.6 is 0 Å². The lowest BCUT2D eigenvalue weighted by Gasteiger charge is -2.32. The summed E-state index contributed by atoms with van der Waals surface area (Å²) in [5, 5.41) is 2.91. The fourth-order valence-electron chi connectivity index (χ4n) is 3.59. The molecule has 2 amide bonds. The molecule has 5 heteroatoms. The molecule has 1 atom stereocenters. The zero-order valence-electron chi connectivity index (χ0n) is 15.8. The summed E-state index contributed by atoms with van der Waals surface area (Å²) in [5.41, 5.74) is 3.65. The number of nitrogens with one attached hydrogen (secondary N) is 1. The number of nitrogens with zero attached hydrogens (tertiary/aromatic N) is 1. The van der Waals surface area contributed by atoms with Crippen molar-refractivity contribution >= 4 is 11.8 Å². The Kier molecular flexibility index (Phi) is 5.89. The number of halogens is 1. The van der Waals surface area contributed by atoms with Gasteiger partial charge in [-0.25, -0.2) is 4.39 Å². The predicted octanol–water partition coefficient (Wildman–Crippen LogP) is 3.61. The summed E-state index contributed by atoms with van der Waals surface area (Å²) in [6.45, 7) is 5.42. The fraction of sp³-hybridized carbons (Fsp3) is 0.364. The molecular formula is C22H25FN2O2. The van der Waals surface area contributed by atoms with E-state index < -0.39 is 0 Å². The number of hydrogen-bond donors (Lipinski definition) is 1. The minimum absolute atomic E-state index is 0.0159.